The summed E-state index contributed by atoms with van der Waals surface area (Å²) in [5.41, 5.74) is 0.718. The molecule has 2 heterocycles. The average Bonchev–Trinajstić information content (AvgIpc) is 3.12. The number of likely N-dealkylation sites (N-methyl/N-ethyl adjacent to an activating group) is 1. The zero-order chi connectivity index (χ0) is 13.6. The van der Waals surface area contributed by atoms with Crippen LogP contribution in [0.1, 0.15) is 12.0 Å². The van der Waals surface area contributed by atoms with Gasteiger partial charge in [0.05, 0.1) is 12.0 Å². The minimum absolute atomic E-state index is 0.00669. The maximum Gasteiger partial charge on any atom is 0.310 e. The van der Waals surface area contributed by atoms with E-state index in [0.717, 1.165) is 25.1 Å². The second-order valence-electron chi connectivity index (χ2n) is 5.15. The van der Waals surface area contributed by atoms with Gasteiger partial charge < -0.3 is 14.4 Å². The number of fused-ring (bicyclic) bond motifs is 1. The van der Waals surface area contributed by atoms with Gasteiger partial charge in [-0.2, -0.15) is 0 Å². The van der Waals surface area contributed by atoms with Crippen LogP contribution in [0.3, 0.4) is 0 Å². The van der Waals surface area contributed by atoms with Crippen LogP contribution in [0.5, 0.6) is 5.75 Å². The molecule has 2 atom stereocenters. The van der Waals surface area contributed by atoms with Gasteiger partial charge in [0.15, 0.2) is 5.75 Å². The maximum atomic E-state index is 10.9. The normalized spacial score (nSPS) is 29.7. The highest BCUT2D eigenvalue weighted by Crippen LogP contribution is 2.52. The van der Waals surface area contributed by atoms with Gasteiger partial charge >= 0.3 is 5.69 Å². The van der Waals surface area contributed by atoms with Crippen LogP contribution < -0.4 is 4.74 Å². The molecule has 0 amide bonds. The van der Waals surface area contributed by atoms with Crippen molar-refractivity contribution in [2.75, 3.05) is 27.2 Å². The Hall–Kier alpha value is -1.66. The van der Waals surface area contributed by atoms with Gasteiger partial charge in [0.25, 0.3) is 0 Å². The van der Waals surface area contributed by atoms with Crippen molar-refractivity contribution >= 4 is 5.69 Å². The molecule has 0 aliphatic carbocycles. The molecule has 6 heteroatoms. The summed E-state index contributed by atoms with van der Waals surface area (Å²) in [5, 5.41) is 10.9. The summed E-state index contributed by atoms with van der Waals surface area (Å²) in [6.07, 6.45) is 1.10. The fraction of sp³-hybridized carbons (Fsp3) is 0.538. The second kappa shape index (κ2) is 4.18. The van der Waals surface area contributed by atoms with E-state index in [1.165, 1.54) is 13.2 Å². The molecule has 6 nitrogen and oxygen atoms in total. The summed E-state index contributed by atoms with van der Waals surface area (Å²) < 4.78 is 11.0. The summed E-state index contributed by atoms with van der Waals surface area (Å²) in [6.45, 7) is 1.87. The Kier molecular flexibility index (Phi) is 2.72. The molecule has 0 unspecified atom stereocenters. The van der Waals surface area contributed by atoms with Gasteiger partial charge in [-0.15, -0.1) is 0 Å². The Morgan fingerprint density at radius 2 is 2.37 bits per heavy atom. The lowest BCUT2D eigenvalue weighted by molar-refractivity contribution is -0.385. The lowest BCUT2D eigenvalue weighted by atomic mass is 9.89. The van der Waals surface area contributed by atoms with Gasteiger partial charge in [-0.25, -0.2) is 0 Å². The molecule has 3 rings (SSSR count). The van der Waals surface area contributed by atoms with Gasteiger partial charge in [0.2, 0.25) is 0 Å². The summed E-state index contributed by atoms with van der Waals surface area (Å²) in [7, 11) is 3.52. The van der Waals surface area contributed by atoms with Crippen LogP contribution in [0.2, 0.25) is 0 Å². The molecule has 0 aromatic heterocycles. The van der Waals surface area contributed by atoms with Crippen molar-refractivity contribution in [1.29, 1.82) is 0 Å². The van der Waals surface area contributed by atoms with Crippen molar-refractivity contribution in [1.82, 2.24) is 4.90 Å². The first-order valence-electron chi connectivity index (χ1n) is 6.26. The van der Waals surface area contributed by atoms with Crippen LogP contribution in [0, 0.1) is 10.1 Å². The Labute approximate surface area is 111 Å². The van der Waals surface area contributed by atoms with Gasteiger partial charge in [-0.3, -0.25) is 10.1 Å². The molecule has 0 saturated carbocycles. The number of ether oxygens (including phenoxy) is 2. The second-order valence-corrected chi connectivity index (χ2v) is 5.15. The number of likely N-dealkylation sites (tertiary alicyclic amines) is 1. The number of nitro benzene ring substituents is 1. The van der Waals surface area contributed by atoms with Crippen molar-refractivity contribution in [3.05, 3.63) is 33.9 Å². The van der Waals surface area contributed by atoms with Gasteiger partial charge in [0, 0.05) is 19.2 Å². The molecule has 0 bridgehead atoms. The highest BCUT2D eigenvalue weighted by atomic mass is 16.6. The third-order valence-corrected chi connectivity index (χ3v) is 4.02. The highest BCUT2D eigenvalue weighted by Gasteiger charge is 2.59. The van der Waals surface area contributed by atoms with E-state index < -0.39 is 4.92 Å². The van der Waals surface area contributed by atoms with Crippen molar-refractivity contribution in [3.63, 3.8) is 0 Å². The summed E-state index contributed by atoms with van der Waals surface area (Å²) >= 11 is 0. The molecule has 102 valence electrons. The van der Waals surface area contributed by atoms with Crippen LogP contribution in [-0.2, 0) is 10.3 Å². The molecule has 0 radical (unpaired) electrons. The Morgan fingerprint density at radius 1 is 1.58 bits per heavy atom. The molecule has 1 aromatic rings. The molecule has 0 spiro atoms. The fourth-order valence-electron chi connectivity index (χ4n) is 2.85. The van der Waals surface area contributed by atoms with E-state index in [0.29, 0.717) is 5.75 Å². The maximum absolute atomic E-state index is 10.9. The number of rotatable bonds is 3. The van der Waals surface area contributed by atoms with E-state index in [-0.39, 0.29) is 17.4 Å². The predicted molar refractivity (Wildman–Crippen MR) is 68.3 cm³/mol. The van der Waals surface area contributed by atoms with E-state index in [4.69, 9.17) is 9.47 Å². The molecule has 2 saturated heterocycles. The predicted octanol–water partition coefficient (Wildman–Crippen LogP) is 1.53. The van der Waals surface area contributed by atoms with Crippen LogP contribution in [0.15, 0.2) is 18.2 Å². The molecule has 2 fully saturated rings. The standard InChI is InChI=1S/C13H16N2O4/c1-14-6-5-13(12(8-14)19-13)9-3-4-10(15(16)17)11(7-9)18-2/h3-4,7,12H,5-6,8H2,1-2H3/t12-,13-/m0/s1. The minimum atomic E-state index is -0.430. The number of nitro groups is 1. The Balaban J connectivity index is 1.93. The minimum Gasteiger partial charge on any atom is -0.490 e. The topological polar surface area (TPSA) is 68.1 Å². The van der Waals surface area contributed by atoms with E-state index >= 15 is 0 Å². The van der Waals surface area contributed by atoms with E-state index in [1.807, 2.05) is 0 Å². The molecule has 19 heavy (non-hydrogen) atoms. The number of epoxide rings is 1. The van der Waals surface area contributed by atoms with E-state index in [9.17, 15) is 10.1 Å². The third-order valence-electron chi connectivity index (χ3n) is 4.02. The van der Waals surface area contributed by atoms with Crippen LogP contribution in [0.4, 0.5) is 5.69 Å². The van der Waals surface area contributed by atoms with E-state index in [1.54, 1.807) is 12.1 Å². The first kappa shape index (κ1) is 12.4. The van der Waals surface area contributed by atoms with Crippen molar-refractivity contribution in [2.45, 2.75) is 18.1 Å². The van der Waals surface area contributed by atoms with Crippen LogP contribution >= 0.6 is 0 Å². The van der Waals surface area contributed by atoms with Gasteiger partial charge in [-0.05, 0) is 31.2 Å². The molecule has 0 N–H and O–H groups in total. The monoisotopic (exact) mass is 264 g/mol. The molecular weight excluding hydrogens is 248 g/mol. The first-order chi connectivity index (χ1) is 9.06. The van der Waals surface area contributed by atoms with Crippen LogP contribution in [-0.4, -0.2) is 43.2 Å². The number of hydrogen-bond donors (Lipinski definition) is 0. The largest absolute Gasteiger partial charge is 0.490 e. The smallest absolute Gasteiger partial charge is 0.310 e. The SMILES string of the molecule is COc1cc([C@@]23CCN(C)C[C@@H]2O3)ccc1[N+](=O)[O-]. The summed E-state index contributed by atoms with van der Waals surface area (Å²) in [6, 6.07) is 5.02. The Bertz CT molecular complexity index is 533. The summed E-state index contributed by atoms with van der Waals surface area (Å²) in [5.74, 6) is 0.296. The lowest BCUT2D eigenvalue weighted by Gasteiger charge is -2.25. The molecule has 1 aromatic carbocycles. The van der Waals surface area contributed by atoms with Crippen molar-refractivity contribution in [3.8, 4) is 5.75 Å². The lowest BCUT2D eigenvalue weighted by Crippen LogP contribution is -2.35. The number of benzene rings is 1. The number of piperidine rings is 1. The molecular formula is C13H16N2O4. The number of methoxy groups -OCH3 is 1. The highest BCUT2D eigenvalue weighted by molar-refractivity contribution is 5.51. The van der Waals surface area contributed by atoms with Crippen molar-refractivity contribution in [2.24, 2.45) is 0 Å². The third kappa shape index (κ3) is 1.87. The van der Waals surface area contributed by atoms with Crippen molar-refractivity contribution < 1.29 is 14.4 Å². The quantitative estimate of drug-likeness (QED) is 0.470. The number of nitrogens with zero attached hydrogens (tertiary/aromatic N) is 2. The molecule has 2 aliphatic heterocycles. The number of hydrogen-bond acceptors (Lipinski definition) is 5. The zero-order valence-corrected chi connectivity index (χ0v) is 11.0. The zero-order valence-electron chi connectivity index (χ0n) is 11.0. The van der Waals surface area contributed by atoms with Gasteiger partial charge in [0.1, 0.15) is 11.7 Å². The first-order valence-corrected chi connectivity index (χ1v) is 6.26. The van der Waals surface area contributed by atoms with Gasteiger partial charge in [-0.1, -0.05) is 0 Å². The molecule has 2 aliphatic rings. The van der Waals surface area contributed by atoms with Crippen LogP contribution in [0.25, 0.3) is 0 Å². The fourth-order valence-corrected chi connectivity index (χ4v) is 2.85. The Morgan fingerprint density at radius 3 is 3.00 bits per heavy atom. The van der Waals surface area contributed by atoms with E-state index in [2.05, 4.69) is 11.9 Å². The summed E-state index contributed by atoms with van der Waals surface area (Å²) in [4.78, 5) is 12.7. The average molecular weight is 264 g/mol.